The third-order valence-electron chi connectivity index (χ3n) is 5.68. The summed E-state index contributed by atoms with van der Waals surface area (Å²) in [7, 11) is 1.60. The van der Waals surface area contributed by atoms with Crippen LogP contribution in [-0.2, 0) is 4.79 Å². The summed E-state index contributed by atoms with van der Waals surface area (Å²) in [5, 5.41) is 8.16. The van der Waals surface area contributed by atoms with Gasteiger partial charge < -0.3 is 15.0 Å². The average Bonchev–Trinajstić information content (AvgIpc) is 3.32. The van der Waals surface area contributed by atoms with Crippen molar-refractivity contribution < 1.29 is 9.53 Å². The molecule has 31 heavy (non-hydrogen) atoms. The molecule has 1 aliphatic rings. The number of carbonyl (C=O) groups is 1. The lowest BCUT2D eigenvalue weighted by molar-refractivity contribution is -0.129. The molecule has 0 aromatic carbocycles. The normalized spacial score (nSPS) is 16.8. The lowest BCUT2D eigenvalue weighted by Crippen LogP contribution is -2.39. The molecule has 1 atom stereocenters. The second kappa shape index (κ2) is 8.53. The summed E-state index contributed by atoms with van der Waals surface area (Å²) in [6, 6.07) is 7.84. The standard InChI is InChI=1S/C23H30N6O2/c1-23(2,3)11-13-28-16(7-10-21(28)30)14-25-19-8-9-20-26-15-18(29(20)27-19)17-6-5-12-24-22(17)31-4/h5-6,8-9,12,15-16H,7,10-11,13-14H2,1-4H3,(H,25,27). The number of imidazole rings is 1. The summed E-state index contributed by atoms with van der Waals surface area (Å²) in [6.07, 6.45) is 5.96. The van der Waals surface area contributed by atoms with Crippen LogP contribution in [0.3, 0.4) is 0 Å². The molecule has 0 saturated carbocycles. The van der Waals surface area contributed by atoms with E-state index in [0.717, 1.165) is 42.1 Å². The van der Waals surface area contributed by atoms with Gasteiger partial charge >= 0.3 is 0 Å². The molecule has 1 unspecified atom stereocenters. The van der Waals surface area contributed by atoms with Crippen LogP contribution >= 0.6 is 0 Å². The van der Waals surface area contributed by atoms with Crippen LogP contribution in [-0.4, -0.2) is 56.6 Å². The van der Waals surface area contributed by atoms with E-state index in [1.165, 1.54) is 0 Å². The minimum Gasteiger partial charge on any atom is -0.481 e. The third-order valence-corrected chi connectivity index (χ3v) is 5.68. The van der Waals surface area contributed by atoms with E-state index < -0.39 is 0 Å². The number of fused-ring (bicyclic) bond motifs is 1. The summed E-state index contributed by atoms with van der Waals surface area (Å²) in [5.41, 5.74) is 2.59. The summed E-state index contributed by atoms with van der Waals surface area (Å²) in [5.74, 6) is 1.52. The number of hydrogen-bond donors (Lipinski definition) is 1. The Labute approximate surface area is 182 Å². The lowest BCUT2D eigenvalue weighted by Gasteiger charge is -2.28. The summed E-state index contributed by atoms with van der Waals surface area (Å²) >= 11 is 0. The molecule has 3 aromatic rings. The fraction of sp³-hybridized carbons (Fsp3) is 0.478. The Hall–Kier alpha value is -3.16. The summed E-state index contributed by atoms with van der Waals surface area (Å²) < 4.78 is 7.19. The predicted octanol–water partition coefficient (Wildman–Crippen LogP) is 3.64. The fourth-order valence-electron chi connectivity index (χ4n) is 3.89. The number of aromatic nitrogens is 4. The molecule has 0 spiro atoms. The molecule has 164 valence electrons. The highest BCUT2D eigenvalue weighted by Gasteiger charge is 2.31. The number of pyridine rings is 1. The number of rotatable bonds is 7. The van der Waals surface area contributed by atoms with Crippen molar-refractivity contribution >= 4 is 17.4 Å². The van der Waals surface area contributed by atoms with Crippen molar-refractivity contribution in [1.82, 2.24) is 24.5 Å². The maximum absolute atomic E-state index is 12.4. The smallest absolute Gasteiger partial charge is 0.222 e. The van der Waals surface area contributed by atoms with Crippen molar-refractivity contribution in [1.29, 1.82) is 0 Å². The van der Waals surface area contributed by atoms with E-state index in [1.807, 2.05) is 29.2 Å². The van der Waals surface area contributed by atoms with Crippen molar-refractivity contribution in [3.63, 3.8) is 0 Å². The third kappa shape index (κ3) is 4.62. The van der Waals surface area contributed by atoms with E-state index >= 15 is 0 Å². The Balaban J connectivity index is 1.51. The van der Waals surface area contributed by atoms with E-state index in [1.54, 1.807) is 24.0 Å². The number of ether oxygens (including phenoxy) is 1. The van der Waals surface area contributed by atoms with Gasteiger partial charge in [-0.1, -0.05) is 20.8 Å². The van der Waals surface area contributed by atoms with Gasteiger partial charge in [-0.2, -0.15) is 0 Å². The van der Waals surface area contributed by atoms with Gasteiger partial charge in [0.25, 0.3) is 0 Å². The Morgan fingerprint density at radius 2 is 2.06 bits per heavy atom. The first-order chi connectivity index (χ1) is 14.9. The Kier molecular flexibility index (Phi) is 5.80. The van der Waals surface area contributed by atoms with Crippen molar-refractivity contribution in [2.45, 2.75) is 46.1 Å². The highest BCUT2D eigenvalue weighted by molar-refractivity contribution is 5.78. The predicted molar refractivity (Wildman–Crippen MR) is 120 cm³/mol. The Bertz CT molecular complexity index is 1070. The second-order valence-electron chi connectivity index (χ2n) is 9.16. The Morgan fingerprint density at radius 3 is 2.84 bits per heavy atom. The van der Waals surface area contributed by atoms with E-state index in [0.29, 0.717) is 18.8 Å². The molecule has 1 amide bonds. The van der Waals surface area contributed by atoms with Crippen molar-refractivity contribution in [3.8, 4) is 17.1 Å². The first-order valence-corrected chi connectivity index (χ1v) is 10.7. The fourth-order valence-corrected chi connectivity index (χ4v) is 3.89. The SMILES string of the molecule is COc1ncccc1-c1cnc2ccc(NCC3CCC(=O)N3CCC(C)(C)C)nn12. The largest absolute Gasteiger partial charge is 0.481 e. The molecule has 0 aliphatic carbocycles. The number of likely N-dealkylation sites (tertiary alicyclic amines) is 1. The zero-order valence-electron chi connectivity index (χ0n) is 18.6. The molecular formula is C23H30N6O2. The molecule has 4 rings (SSSR count). The first kappa shape index (κ1) is 21.1. The molecular weight excluding hydrogens is 392 g/mol. The van der Waals surface area contributed by atoms with Crippen LogP contribution in [0, 0.1) is 5.41 Å². The van der Waals surface area contributed by atoms with Gasteiger partial charge in [0.15, 0.2) is 5.65 Å². The van der Waals surface area contributed by atoms with Crippen LogP contribution < -0.4 is 10.1 Å². The summed E-state index contributed by atoms with van der Waals surface area (Å²) in [4.78, 5) is 23.1. The number of methoxy groups -OCH3 is 1. The number of nitrogens with one attached hydrogen (secondary N) is 1. The number of carbonyl (C=O) groups excluding carboxylic acids is 1. The van der Waals surface area contributed by atoms with Crippen molar-refractivity contribution in [2.75, 3.05) is 25.5 Å². The molecule has 1 fully saturated rings. The zero-order valence-corrected chi connectivity index (χ0v) is 18.6. The van der Waals surface area contributed by atoms with E-state index in [9.17, 15) is 4.79 Å². The van der Waals surface area contributed by atoms with Gasteiger partial charge in [0.2, 0.25) is 11.8 Å². The van der Waals surface area contributed by atoms with Crippen LogP contribution in [0.1, 0.15) is 40.0 Å². The molecule has 1 saturated heterocycles. The lowest BCUT2D eigenvalue weighted by atomic mass is 9.92. The van der Waals surface area contributed by atoms with E-state index in [4.69, 9.17) is 9.84 Å². The zero-order chi connectivity index (χ0) is 22.0. The van der Waals surface area contributed by atoms with Gasteiger partial charge in [-0.05, 0) is 42.5 Å². The molecule has 8 nitrogen and oxygen atoms in total. The number of hydrogen-bond acceptors (Lipinski definition) is 6. The quantitative estimate of drug-likeness (QED) is 0.626. The van der Waals surface area contributed by atoms with Gasteiger partial charge in [0, 0.05) is 31.7 Å². The maximum Gasteiger partial charge on any atom is 0.222 e. The minimum atomic E-state index is 0.188. The van der Waals surface area contributed by atoms with Gasteiger partial charge in [-0.15, -0.1) is 5.10 Å². The molecule has 0 radical (unpaired) electrons. The van der Waals surface area contributed by atoms with E-state index in [-0.39, 0.29) is 17.4 Å². The van der Waals surface area contributed by atoms with Crippen molar-refractivity contribution in [2.24, 2.45) is 5.41 Å². The molecule has 1 aliphatic heterocycles. The molecule has 1 N–H and O–H groups in total. The van der Waals surface area contributed by atoms with Crippen LogP contribution in [0.2, 0.25) is 0 Å². The topological polar surface area (TPSA) is 84.7 Å². The number of anilines is 1. The minimum absolute atomic E-state index is 0.188. The van der Waals surface area contributed by atoms with Crippen LogP contribution in [0.4, 0.5) is 5.82 Å². The van der Waals surface area contributed by atoms with E-state index in [2.05, 4.69) is 36.1 Å². The molecule has 0 bridgehead atoms. The maximum atomic E-state index is 12.4. The second-order valence-corrected chi connectivity index (χ2v) is 9.16. The van der Waals surface area contributed by atoms with Gasteiger partial charge in [0.05, 0.1) is 24.6 Å². The van der Waals surface area contributed by atoms with Gasteiger partial charge in [-0.25, -0.2) is 14.5 Å². The number of nitrogens with zero attached hydrogens (tertiary/aromatic N) is 5. The highest BCUT2D eigenvalue weighted by atomic mass is 16.5. The van der Waals surface area contributed by atoms with Gasteiger partial charge in [-0.3, -0.25) is 4.79 Å². The van der Waals surface area contributed by atoms with Crippen molar-refractivity contribution in [3.05, 3.63) is 36.7 Å². The van der Waals surface area contributed by atoms with Gasteiger partial charge in [0.1, 0.15) is 5.82 Å². The first-order valence-electron chi connectivity index (χ1n) is 10.7. The van der Waals surface area contributed by atoms with Crippen LogP contribution in [0.5, 0.6) is 5.88 Å². The summed E-state index contributed by atoms with van der Waals surface area (Å²) in [6.45, 7) is 8.10. The molecule has 4 heterocycles. The monoisotopic (exact) mass is 422 g/mol. The molecule has 3 aromatic heterocycles. The van der Waals surface area contributed by atoms with Crippen LogP contribution in [0.25, 0.3) is 16.9 Å². The Morgan fingerprint density at radius 1 is 1.23 bits per heavy atom. The van der Waals surface area contributed by atoms with Crippen LogP contribution in [0.15, 0.2) is 36.7 Å². The average molecular weight is 423 g/mol. The molecule has 8 heteroatoms. The highest BCUT2D eigenvalue weighted by Crippen LogP contribution is 2.28. The number of amides is 1.